The Labute approximate surface area is 129 Å². The number of nitrogens with one attached hydrogen (secondary N) is 2. The van der Waals surface area contributed by atoms with Crippen LogP contribution in [0, 0.1) is 0 Å². The number of carbonyl (C=O) groups is 1. The van der Waals surface area contributed by atoms with Crippen LogP contribution >= 0.6 is 0 Å². The van der Waals surface area contributed by atoms with E-state index in [1.165, 1.54) is 12.1 Å². The molecule has 0 bridgehead atoms. The molecule has 124 valence electrons. The average Bonchev–Trinajstić information content (AvgIpc) is 2.95. The van der Waals surface area contributed by atoms with Gasteiger partial charge in [0.2, 0.25) is 0 Å². The first-order chi connectivity index (χ1) is 10.9. The highest BCUT2D eigenvalue weighted by atomic mass is 19.4. The number of hydrogen-bond donors (Lipinski definition) is 2. The Hall–Kier alpha value is -2.78. The molecule has 0 aliphatic heterocycles. The van der Waals surface area contributed by atoms with E-state index in [0.29, 0.717) is 19.5 Å². The Morgan fingerprint density at radius 1 is 1.26 bits per heavy atom. The predicted molar refractivity (Wildman–Crippen MR) is 74.8 cm³/mol. The highest BCUT2D eigenvalue weighted by Gasteiger charge is 2.31. The minimum Gasteiger partial charge on any atom is -0.406 e. The quantitative estimate of drug-likeness (QED) is 0.798. The van der Waals surface area contributed by atoms with Crippen molar-refractivity contribution in [2.45, 2.75) is 19.3 Å². The molecule has 1 aromatic heterocycles. The number of amides is 2. The molecule has 0 fully saturated rings. The zero-order valence-electron chi connectivity index (χ0n) is 11.9. The lowest BCUT2D eigenvalue weighted by atomic mass is 10.3. The van der Waals surface area contributed by atoms with E-state index in [0.717, 1.165) is 12.1 Å². The number of aromatic nitrogens is 3. The topological polar surface area (TPSA) is 81.1 Å². The monoisotopic (exact) mass is 329 g/mol. The molecule has 2 aromatic rings. The number of urea groups is 1. The van der Waals surface area contributed by atoms with Gasteiger partial charge in [-0.3, -0.25) is 0 Å². The second kappa shape index (κ2) is 7.47. The highest BCUT2D eigenvalue weighted by Crippen LogP contribution is 2.24. The molecule has 0 saturated carbocycles. The lowest BCUT2D eigenvalue weighted by Gasteiger charge is -2.11. The van der Waals surface area contributed by atoms with Gasteiger partial charge in [0.05, 0.1) is 0 Å². The molecule has 0 spiro atoms. The summed E-state index contributed by atoms with van der Waals surface area (Å²) < 4.78 is 41.9. The van der Waals surface area contributed by atoms with E-state index >= 15 is 0 Å². The molecule has 0 unspecified atom stereocenters. The van der Waals surface area contributed by atoms with E-state index in [-0.39, 0.29) is 5.69 Å². The van der Waals surface area contributed by atoms with Gasteiger partial charge in [-0.15, -0.1) is 23.4 Å². The van der Waals surface area contributed by atoms with Gasteiger partial charge in [-0.2, -0.15) is 0 Å². The number of carbonyl (C=O) groups excluding carboxylic acids is 1. The van der Waals surface area contributed by atoms with Crippen LogP contribution in [0.5, 0.6) is 5.75 Å². The lowest BCUT2D eigenvalue weighted by Crippen LogP contribution is -2.30. The first kappa shape index (κ1) is 16.6. The molecular weight excluding hydrogens is 315 g/mol. The number of ether oxygens (including phenoxy) is 1. The second-order valence-corrected chi connectivity index (χ2v) is 4.51. The lowest BCUT2D eigenvalue weighted by molar-refractivity contribution is -0.274. The SMILES string of the molecule is O=C(NCCCn1cnnc1)Nc1cccc(OC(F)(F)F)c1. The molecule has 1 aromatic carbocycles. The molecule has 10 heteroatoms. The maximum atomic E-state index is 12.1. The van der Waals surface area contributed by atoms with Crippen molar-refractivity contribution >= 4 is 11.7 Å². The zero-order chi connectivity index (χ0) is 16.7. The third kappa shape index (κ3) is 6.24. The Morgan fingerprint density at radius 3 is 2.70 bits per heavy atom. The predicted octanol–water partition coefficient (Wildman–Crippen LogP) is 2.39. The van der Waals surface area contributed by atoms with Crippen LogP contribution in [-0.2, 0) is 6.54 Å². The molecule has 2 rings (SSSR count). The van der Waals surface area contributed by atoms with Gasteiger partial charge in [0.15, 0.2) is 0 Å². The van der Waals surface area contributed by atoms with Crippen LogP contribution in [0.1, 0.15) is 6.42 Å². The van der Waals surface area contributed by atoms with Crippen LogP contribution in [-0.4, -0.2) is 33.7 Å². The van der Waals surface area contributed by atoms with E-state index in [1.54, 1.807) is 17.2 Å². The van der Waals surface area contributed by atoms with Crippen LogP contribution in [0.3, 0.4) is 0 Å². The Bertz CT molecular complexity index is 631. The number of nitrogens with zero attached hydrogens (tertiary/aromatic N) is 3. The number of benzene rings is 1. The summed E-state index contributed by atoms with van der Waals surface area (Å²) >= 11 is 0. The first-order valence-corrected chi connectivity index (χ1v) is 6.65. The number of halogens is 3. The molecule has 0 radical (unpaired) electrons. The fourth-order valence-electron chi connectivity index (χ4n) is 1.75. The summed E-state index contributed by atoms with van der Waals surface area (Å²) in [5.74, 6) is -0.400. The summed E-state index contributed by atoms with van der Waals surface area (Å²) in [7, 11) is 0. The summed E-state index contributed by atoms with van der Waals surface area (Å²) in [4.78, 5) is 11.7. The molecule has 0 aliphatic rings. The van der Waals surface area contributed by atoms with Gasteiger partial charge in [-0.25, -0.2) is 4.79 Å². The number of aryl methyl sites for hydroxylation is 1. The van der Waals surface area contributed by atoms with Crippen LogP contribution in [0.15, 0.2) is 36.9 Å². The van der Waals surface area contributed by atoms with Crippen molar-refractivity contribution in [2.75, 3.05) is 11.9 Å². The fourth-order valence-corrected chi connectivity index (χ4v) is 1.75. The van der Waals surface area contributed by atoms with Crippen LogP contribution < -0.4 is 15.4 Å². The van der Waals surface area contributed by atoms with Gasteiger partial charge >= 0.3 is 12.4 Å². The van der Waals surface area contributed by atoms with Gasteiger partial charge in [0.1, 0.15) is 18.4 Å². The molecule has 0 aliphatic carbocycles. The Morgan fingerprint density at radius 2 is 2.00 bits per heavy atom. The van der Waals surface area contributed by atoms with Crippen LogP contribution in [0.4, 0.5) is 23.7 Å². The molecule has 0 atom stereocenters. The number of alkyl halides is 3. The second-order valence-electron chi connectivity index (χ2n) is 4.51. The summed E-state index contributed by atoms with van der Waals surface area (Å²) in [6.07, 6.45) is -0.996. The Kier molecular flexibility index (Phi) is 5.39. The van der Waals surface area contributed by atoms with Crippen molar-refractivity contribution < 1.29 is 22.7 Å². The van der Waals surface area contributed by atoms with Crippen molar-refractivity contribution in [3.05, 3.63) is 36.9 Å². The van der Waals surface area contributed by atoms with Crippen molar-refractivity contribution in [1.82, 2.24) is 20.1 Å². The smallest absolute Gasteiger partial charge is 0.406 e. The summed E-state index contributed by atoms with van der Waals surface area (Å²) in [5.41, 5.74) is 0.197. The number of anilines is 1. The fraction of sp³-hybridized carbons (Fsp3) is 0.308. The van der Waals surface area contributed by atoms with E-state index in [4.69, 9.17) is 0 Å². The van der Waals surface area contributed by atoms with E-state index in [2.05, 4.69) is 25.6 Å². The van der Waals surface area contributed by atoms with E-state index in [9.17, 15) is 18.0 Å². The van der Waals surface area contributed by atoms with Gasteiger partial charge < -0.3 is 19.9 Å². The maximum absolute atomic E-state index is 12.1. The van der Waals surface area contributed by atoms with Crippen molar-refractivity contribution in [3.8, 4) is 5.75 Å². The third-order valence-electron chi connectivity index (χ3n) is 2.67. The molecule has 7 nitrogen and oxygen atoms in total. The minimum atomic E-state index is -4.77. The third-order valence-corrected chi connectivity index (χ3v) is 2.67. The van der Waals surface area contributed by atoms with Crippen molar-refractivity contribution in [3.63, 3.8) is 0 Å². The standard InChI is InChI=1S/C13H14F3N5O2/c14-13(15,16)23-11-4-1-3-10(7-11)20-12(22)17-5-2-6-21-8-18-19-9-21/h1,3-4,7-9H,2,5-6H2,(H2,17,20,22). The van der Waals surface area contributed by atoms with Crippen molar-refractivity contribution in [2.24, 2.45) is 0 Å². The first-order valence-electron chi connectivity index (χ1n) is 6.65. The normalized spacial score (nSPS) is 11.1. The van der Waals surface area contributed by atoms with Crippen LogP contribution in [0.25, 0.3) is 0 Å². The molecule has 1 heterocycles. The van der Waals surface area contributed by atoms with Gasteiger partial charge in [-0.05, 0) is 18.6 Å². The van der Waals surface area contributed by atoms with Crippen LogP contribution in [0.2, 0.25) is 0 Å². The average molecular weight is 329 g/mol. The molecule has 2 N–H and O–H groups in total. The number of rotatable bonds is 6. The molecular formula is C13H14F3N5O2. The maximum Gasteiger partial charge on any atom is 0.573 e. The summed E-state index contributed by atoms with van der Waals surface area (Å²) in [6.45, 7) is 1.03. The zero-order valence-corrected chi connectivity index (χ0v) is 11.9. The molecule has 0 saturated heterocycles. The van der Waals surface area contributed by atoms with E-state index < -0.39 is 18.1 Å². The number of hydrogen-bond acceptors (Lipinski definition) is 4. The van der Waals surface area contributed by atoms with Gasteiger partial charge in [-0.1, -0.05) is 6.07 Å². The Balaban J connectivity index is 1.75. The summed E-state index contributed by atoms with van der Waals surface area (Å²) in [6, 6.07) is 4.53. The molecule has 2 amide bonds. The van der Waals surface area contributed by atoms with Gasteiger partial charge in [0, 0.05) is 24.8 Å². The van der Waals surface area contributed by atoms with E-state index in [1.807, 2.05) is 0 Å². The molecule has 23 heavy (non-hydrogen) atoms. The summed E-state index contributed by atoms with van der Waals surface area (Å²) in [5, 5.41) is 12.3. The van der Waals surface area contributed by atoms with Gasteiger partial charge in [0.25, 0.3) is 0 Å². The van der Waals surface area contributed by atoms with Crippen molar-refractivity contribution in [1.29, 1.82) is 0 Å². The largest absolute Gasteiger partial charge is 0.573 e. The minimum absolute atomic E-state index is 0.197. The highest BCUT2D eigenvalue weighted by molar-refractivity contribution is 5.89.